The molecule has 0 amide bonds. The third-order valence-corrected chi connectivity index (χ3v) is 6.48. The van der Waals surface area contributed by atoms with Crippen molar-refractivity contribution in [1.29, 1.82) is 0 Å². The number of rotatable bonds is 4. The number of benzene rings is 2. The highest BCUT2D eigenvalue weighted by atomic mass is 16.7. The molecule has 31 heavy (non-hydrogen) atoms. The molecule has 3 heterocycles. The number of hydrogen-bond acceptors (Lipinski definition) is 6. The molecule has 0 N–H and O–H groups in total. The van der Waals surface area contributed by atoms with E-state index in [0.717, 1.165) is 54.9 Å². The lowest BCUT2D eigenvalue weighted by atomic mass is 9.97. The van der Waals surface area contributed by atoms with Gasteiger partial charge < -0.3 is 19.3 Å². The third kappa shape index (κ3) is 3.51. The fraction of sp³-hybridized carbons (Fsp3) is 0.360. The standard InChI is InChI=1S/C25H27N3O3/c1-4-27-7-9-28(10-8-27)24-19-12-22-23(31-15-30-22)13-21(19)26-14-20(24)25(29)18-6-5-16(2)17(3)11-18/h5-6,11-14H,4,7-10,15H2,1-3H3. The van der Waals surface area contributed by atoms with Crippen molar-refractivity contribution in [2.45, 2.75) is 20.8 Å². The Labute approximate surface area is 182 Å². The zero-order chi connectivity index (χ0) is 21.5. The van der Waals surface area contributed by atoms with Gasteiger partial charge in [-0.3, -0.25) is 9.78 Å². The monoisotopic (exact) mass is 417 g/mol. The molecule has 1 saturated heterocycles. The number of pyridine rings is 1. The smallest absolute Gasteiger partial charge is 0.231 e. The molecule has 6 nitrogen and oxygen atoms in total. The number of piperazine rings is 1. The zero-order valence-corrected chi connectivity index (χ0v) is 18.3. The number of anilines is 1. The maximum atomic E-state index is 13.6. The highest BCUT2D eigenvalue weighted by Crippen LogP contribution is 2.40. The van der Waals surface area contributed by atoms with E-state index in [1.165, 1.54) is 5.56 Å². The van der Waals surface area contributed by atoms with Gasteiger partial charge in [0, 0.05) is 49.4 Å². The van der Waals surface area contributed by atoms with Crippen LogP contribution in [0, 0.1) is 13.8 Å². The summed E-state index contributed by atoms with van der Waals surface area (Å²) in [7, 11) is 0. The maximum Gasteiger partial charge on any atom is 0.231 e. The predicted molar refractivity (Wildman–Crippen MR) is 122 cm³/mol. The summed E-state index contributed by atoms with van der Waals surface area (Å²) in [5, 5.41) is 0.934. The van der Waals surface area contributed by atoms with Gasteiger partial charge in [-0.1, -0.05) is 19.1 Å². The molecule has 1 fully saturated rings. The minimum Gasteiger partial charge on any atom is -0.454 e. The number of hydrogen-bond donors (Lipinski definition) is 0. The van der Waals surface area contributed by atoms with Crippen LogP contribution in [0.15, 0.2) is 36.5 Å². The number of nitrogens with zero attached hydrogens (tertiary/aromatic N) is 3. The number of ketones is 1. The molecule has 2 aliphatic heterocycles. The van der Waals surface area contributed by atoms with Gasteiger partial charge in [-0.25, -0.2) is 0 Å². The normalized spacial score (nSPS) is 16.2. The molecule has 1 aromatic heterocycles. The molecule has 0 saturated carbocycles. The van der Waals surface area contributed by atoms with Crippen LogP contribution in [-0.2, 0) is 0 Å². The Kier molecular flexibility index (Phi) is 5.02. The van der Waals surface area contributed by atoms with Crippen LogP contribution >= 0.6 is 0 Å². The average molecular weight is 418 g/mol. The number of fused-ring (bicyclic) bond motifs is 2. The van der Waals surface area contributed by atoms with Crippen molar-refractivity contribution in [2.24, 2.45) is 0 Å². The molecule has 160 valence electrons. The summed E-state index contributed by atoms with van der Waals surface area (Å²) in [6.45, 7) is 11.2. The van der Waals surface area contributed by atoms with Crippen LogP contribution in [0.5, 0.6) is 11.5 Å². The van der Waals surface area contributed by atoms with Crippen LogP contribution in [0.1, 0.15) is 34.0 Å². The molecule has 0 bridgehead atoms. The molecule has 2 aromatic carbocycles. The molecule has 0 aliphatic carbocycles. The van der Waals surface area contributed by atoms with E-state index in [9.17, 15) is 4.79 Å². The van der Waals surface area contributed by atoms with Gasteiger partial charge in [0.1, 0.15) is 0 Å². The second-order valence-corrected chi connectivity index (χ2v) is 8.29. The van der Waals surface area contributed by atoms with E-state index < -0.39 is 0 Å². The minimum atomic E-state index is 0.00286. The van der Waals surface area contributed by atoms with Crippen molar-refractivity contribution in [2.75, 3.05) is 44.4 Å². The molecule has 0 unspecified atom stereocenters. The van der Waals surface area contributed by atoms with Crippen LogP contribution in [-0.4, -0.2) is 55.2 Å². The molecule has 2 aliphatic rings. The topological polar surface area (TPSA) is 54.9 Å². The first-order valence-electron chi connectivity index (χ1n) is 10.9. The Hall–Kier alpha value is -3.12. The highest BCUT2D eigenvalue weighted by molar-refractivity contribution is 6.16. The summed E-state index contributed by atoms with van der Waals surface area (Å²) in [4.78, 5) is 23.0. The van der Waals surface area contributed by atoms with Crippen LogP contribution < -0.4 is 14.4 Å². The number of carbonyl (C=O) groups is 1. The first kappa shape index (κ1) is 19.8. The maximum absolute atomic E-state index is 13.6. The summed E-state index contributed by atoms with van der Waals surface area (Å²) >= 11 is 0. The van der Waals surface area contributed by atoms with E-state index in [4.69, 9.17) is 9.47 Å². The van der Waals surface area contributed by atoms with Gasteiger partial charge in [-0.15, -0.1) is 0 Å². The second-order valence-electron chi connectivity index (χ2n) is 8.29. The number of aromatic nitrogens is 1. The molecule has 6 heteroatoms. The Morgan fingerprint density at radius 2 is 1.74 bits per heavy atom. The van der Waals surface area contributed by atoms with Crippen molar-refractivity contribution >= 4 is 22.4 Å². The lowest BCUT2D eigenvalue weighted by molar-refractivity contribution is 0.103. The molecular formula is C25H27N3O3. The number of aryl methyl sites for hydroxylation is 2. The first-order valence-corrected chi connectivity index (χ1v) is 10.9. The van der Waals surface area contributed by atoms with Gasteiger partial charge in [0.05, 0.1) is 16.8 Å². The lowest BCUT2D eigenvalue weighted by Gasteiger charge is -2.36. The summed E-state index contributed by atoms with van der Waals surface area (Å²) in [5.74, 6) is 1.41. The number of likely N-dealkylation sites (N-methyl/N-ethyl adjacent to an activating group) is 1. The minimum absolute atomic E-state index is 0.00286. The van der Waals surface area contributed by atoms with Crippen molar-refractivity contribution in [3.63, 3.8) is 0 Å². The van der Waals surface area contributed by atoms with E-state index in [-0.39, 0.29) is 12.6 Å². The van der Waals surface area contributed by atoms with E-state index in [0.29, 0.717) is 22.6 Å². The van der Waals surface area contributed by atoms with E-state index >= 15 is 0 Å². The van der Waals surface area contributed by atoms with Crippen LogP contribution in [0.2, 0.25) is 0 Å². The molecule has 0 atom stereocenters. The summed E-state index contributed by atoms with van der Waals surface area (Å²) in [6.07, 6.45) is 1.73. The van der Waals surface area contributed by atoms with Crippen molar-refractivity contribution in [3.8, 4) is 11.5 Å². The van der Waals surface area contributed by atoms with Crippen LogP contribution in [0.4, 0.5) is 5.69 Å². The number of carbonyl (C=O) groups excluding carboxylic acids is 1. The fourth-order valence-corrected chi connectivity index (χ4v) is 4.40. The Bertz CT molecular complexity index is 1170. The summed E-state index contributed by atoms with van der Waals surface area (Å²) < 4.78 is 11.2. The second kappa shape index (κ2) is 7.85. The SMILES string of the molecule is CCN1CCN(c2c(C(=O)c3ccc(C)c(C)c3)cnc3cc4c(cc23)OCO4)CC1. The van der Waals surface area contributed by atoms with Gasteiger partial charge in [-0.05, 0) is 43.7 Å². The molecule has 0 spiro atoms. The first-order chi connectivity index (χ1) is 15.0. The average Bonchev–Trinajstić information content (AvgIpc) is 3.25. The van der Waals surface area contributed by atoms with Gasteiger partial charge in [-0.2, -0.15) is 0 Å². The Morgan fingerprint density at radius 3 is 2.45 bits per heavy atom. The third-order valence-electron chi connectivity index (χ3n) is 6.48. The van der Waals surface area contributed by atoms with E-state index in [1.807, 2.05) is 37.3 Å². The molecule has 0 radical (unpaired) electrons. The van der Waals surface area contributed by atoms with E-state index in [2.05, 4.69) is 28.6 Å². The molecule has 5 rings (SSSR count). The van der Waals surface area contributed by atoms with Gasteiger partial charge in [0.2, 0.25) is 6.79 Å². The summed E-state index contributed by atoms with van der Waals surface area (Å²) in [6, 6.07) is 9.78. The van der Waals surface area contributed by atoms with Gasteiger partial charge >= 0.3 is 0 Å². The Balaban J connectivity index is 1.65. The quantitative estimate of drug-likeness (QED) is 0.599. The van der Waals surface area contributed by atoms with Crippen molar-refractivity contribution in [3.05, 3.63) is 58.8 Å². The summed E-state index contributed by atoms with van der Waals surface area (Å²) in [5.41, 5.74) is 5.38. The van der Waals surface area contributed by atoms with Crippen LogP contribution in [0.25, 0.3) is 10.9 Å². The van der Waals surface area contributed by atoms with Gasteiger partial charge in [0.15, 0.2) is 17.3 Å². The zero-order valence-electron chi connectivity index (χ0n) is 18.3. The largest absolute Gasteiger partial charge is 0.454 e. The number of ether oxygens (including phenoxy) is 2. The van der Waals surface area contributed by atoms with E-state index in [1.54, 1.807) is 6.20 Å². The highest BCUT2D eigenvalue weighted by Gasteiger charge is 2.26. The predicted octanol–water partition coefficient (Wildman–Crippen LogP) is 3.95. The van der Waals surface area contributed by atoms with Crippen LogP contribution in [0.3, 0.4) is 0 Å². The molecular weight excluding hydrogens is 390 g/mol. The molecule has 3 aromatic rings. The van der Waals surface area contributed by atoms with Crippen molar-refractivity contribution in [1.82, 2.24) is 9.88 Å². The Morgan fingerprint density at radius 1 is 1.00 bits per heavy atom. The lowest BCUT2D eigenvalue weighted by Crippen LogP contribution is -2.46. The van der Waals surface area contributed by atoms with Gasteiger partial charge in [0.25, 0.3) is 0 Å². The van der Waals surface area contributed by atoms with Crippen molar-refractivity contribution < 1.29 is 14.3 Å². The fourth-order valence-electron chi connectivity index (χ4n) is 4.40.